The van der Waals surface area contributed by atoms with Crippen molar-refractivity contribution in [1.82, 2.24) is 0 Å². The van der Waals surface area contributed by atoms with Gasteiger partial charge in [-0.05, 0) is 38.0 Å². The van der Waals surface area contributed by atoms with Gasteiger partial charge in [0.15, 0.2) is 0 Å². The van der Waals surface area contributed by atoms with E-state index in [2.05, 4.69) is 5.32 Å². The van der Waals surface area contributed by atoms with Gasteiger partial charge in [-0.15, -0.1) is 0 Å². The summed E-state index contributed by atoms with van der Waals surface area (Å²) in [5.74, 6) is 0.159. The van der Waals surface area contributed by atoms with Crippen molar-refractivity contribution in [3.05, 3.63) is 28.8 Å². The van der Waals surface area contributed by atoms with Crippen molar-refractivity contribution >= 4 is 29.4 Å². The van der Waals surface area contributed by atoms with Crippen molar-refractivity contribution in [2.45, 2.75) is 33.1 Å². The molecular weight excluding hydrogens is 250 g/mol. The highest BCUT2D eigenvalue weighted by Gasteiger charge is 1.93. The topological polar surface area (TPSA) is 46.2 Å². The molecule has 0 saturated carbocycles. The summed E-state index contributed by atoms with van der Waals surface area (Å²) >= 11 is 5.85. The third-order valence-electron chi connectivity index (χ3n) is 2.31. The summed E-state index contributed by atoms with van der Waals surface area (Å²) in [4.78, 5) is 19.9. The highest BCUT2D eigenvalue weighted by Crippen LogP contribution is 2.18. The molecule has 1 aromatic rings. The van der Waals surface area contributed by atoms with E-state index in [1.807, 2.05) is 32.2 Å². The fraction of sp³-hybridized carbons (Fsp3) is 0.429. The maximum atomic E-state index is 10.2. The Morgan fingerprint density at radius 2 is 2.11 bits per heavy atom. The predicted octanol–water partition coefficient (Wildman–Crippen LogP) is 3.63. The van der Waals surface area contributed by atoms with E-state index in [1.165, 1.54) is 6.92 Å². The van der Waals surface area contributed by atoms with Gasteiger partial charge in [-0.1, -0.05) is 17.7 Å². The largest absolute Gasteiger partial charge is 0.388 e. The zero-order valence-corrected chi connectivity index (χ0v) is 11.9. The lowest BCUT2D eigenvalue weighted by Gasteiger charge is -2.01. The van der Waals surface area contributed by atoms with Crippen LogP contribution < -0.4 is 5.32 Å². The van der Waals surface area contributed by atoms with Crippen LogP contribution in [0.3, 0.4) is 0 Å². The van der Waals surface area contributed by atoms with Crippen molar-refractivity contribution < 1.29 is 9.59 Å². The molecule has 0 aliphatic heterocycles. The molecule has 0 aromatic heterocycles. The van der Waals surface area contributed by atoms with Gasteiger partial charge in [0.1, 0.15) is 12.1 Å². The van der Waals surface area contributed by atoms with E-state index in [-0.39, 0.29) is 5.78 Å². The lowest BCUT2D eigenvalue weighted by Crippen LogP contribution is -1.88. The van der Waals surface area contributed by atoms with Crippen LogP contribution in [0.2, 0.25) is 5.02 Å². The van der Waals surface area contributed by atoms with Gasteiger partial charge in [0, 0.05) is 30.6 Å². The molecule has 1 rings (SSSR count). The number of halogens is 1. The van der Waals surface area contributed by atoms with Gasteiger partial charge in [0.2, 0.25) is 0 Å². The quantitative estimate of drug-likeness (QED) is 0.656. The number of aldehydes is 1. The Balaban J connectivity index is 0.000000331. The normalized spacial score (nSPS) is 9.11. The van der Waals surface area contributed by atoms with Crippen LogP contribution in [0.1, 0.15) is 31.7 Å². The average Bonchev–Trinajstić information content (AvgIpc) is 2.33. The van der Waals surface area contributed by atoms with Crippen molar-refractivity contribution in [3.63, 3.8) is 0 Å². The van der Waals surface area contributed by atoms with E-state index in [0.29, 0.717) is 19.3 Å². The van der Waals surface area contributed by atoms with E-state index in [9.17, 15) is 9.59 Å². The van der Waals surface area contributed by atoms with Gasteiger partial charge in [0.25, 0.3) is 0 Å². The number of carbonyl (C=O) groups excluding carboxylic acids is 2. The second-order valence-electron chi connectivity index (χ2n) is 3.97. The zero-order chi connectivity index (χ0) is 14.0. The molecule has 1 N–H and O–H groups in total. The number of benzene rings is 1. The number of anilines is 1. The fourth-order valence-electron chi connectivity index (χ4n) is 1.18. The summed E-state index contributed by atoms with van der Waals surface area (Å²) in [6, 6.07) is 5.91. The van der Waals surface area contributed by atoms with Crippen LogP contribution in [-0.4, -0.2) is 19.1 Å². The third kappa shape index (κ3) is 7.85. The number of nitrogens with one attached hydrogen (secondary N) is 1. The maximum Gasteiger partial charge on any atom is 0.129 e. The molecule has 0 aliphatic carbocycles. The molecule has 18 heavy (non-hydrogen) atoms. The van der Waals surface area contributed by atoms with Crippen LogP contribution in [0.25, 0.3) is 0 Å². The molecular formula is C14H20ClNO2. The van der Waals surface area contributed by atoms with Gasteiger partial charge in [0.05, 0.1) is 0 Å². The zero-order valence-electron chi connectivity index (χ0n) is 11.1. The van der Waals surface area contributed by atoms with E-state index < -0.39 is 0 Å². The molecule has 3 nitrogen and oxygen atoms in total. The summed E-state index contributed by atoms with van der Waals surface area (Å²) < 4.78 is 0. The lowest BCUT2D eigenvalue weighted by atomic mass is 10.2. The first-order valence-electron chi connectivity index (χ1n) is 5.88. The van der Waals surface area contributed by atoms with Crippen molar-refractivity contribution in [2.75, 3.05) is 12.4 Å². The number of aryl methyl sites for hydroxylation is 1. The molecule has 100 valence electrons. The molecule has 0 radical (unpaired) electrons. The Kier molecular flexibility index (Phi) is 8.93. The number of ketones is 1. The SMILES string of the molecule is CC(=O)CCCC=O.CNc1ccc(C)c(Cl)c1. The fourth-order valence-corrected chi connectivity index (χ4v) is 1.36. The number of unbranched alkanes of at least 4 members (excludes halogenated alkanes) is 1. The molecule has 0 bridgehead atoms. The van der Waals surface area contributed by atoms with Crippen LogP contribution in [-0.2, 0) is 9.59 Å². The average molecular weight is 270 g/mol. The lowest BCUT2D eigenvalue weighted by molar-refractivity contribution is -0.117. The minimum Gasteiger partial charge on any atom is -0.388 e. The molecule has 0 saturated heterocycles. The Bertz CT molecular complexity index is 391. The van der Waals surface area contributed by atoms with Crippen molar-refractivity contribution in [1.29, 1.82) is 0 Å². The monoisotopic (exact) mass is 269 g/mol. The number of Topliss-reactive ketones (excluding diaryl/α,β-unsaturated/α-hetero) is 1. The van der Waals surface area contributed by atoms with Crippen LogP contribution in [0.4, 0.5) is 5.69 Å². The van der Waals surface area contributed by atoms with Crippen LogP contribution in [0.5, 0.6) is 0 Å². The molecule has 4 heteroatoms. The first-order valence-corrected chi connectivity index (χ1v) is 6.26. The molecule has 0 unspecified atom stereocenters. The standard InChI is InChI=1S/C8H10ClN.C6H10O2/c1-6-3-4-7(10-2)5-8(6)9;1-6(8)4-2-3-5-7/h3-5,10H,1-2H3;5H,2-4H2,1H3. The highest BCUT2D eigenvalue weighted by molar-refractivity contribution is 6.31. The van der Waals surface area contributed by atoms with Crippen LogP contribution in [0, 0.1) is 6.92 Å². The summed E-state index contributed by atoms with van der Waals surface area (Å²) in [5, 5.41) is 3.82. The summed E-state index contributed by atoms with van der Waals surface area (Å²) in [6.45, 7) is 3.52. The van der Waals surface area contributed by atoms with Gasteiger partial charge >= 0.3 is 0 Å². The van der Waals surface area contributed by atoms with Crippen molar-refractivity contribution in [3.8, 4) is 0 Å². The molecule has 0 aliphatic rings. The minimum atomic E-state index is 0.159. The smallest absolute Gasteiger partial charge is 0.129 e. The molecule has 0 heterocycles. The molecule has 0 spiro atoms. The summed E-state index contributed by atoms with van der Waals surface area (Å²) in [6.07, 6.45) is 2.60. The molecule has 0 atom stereocenters. The summed E-state index contributed by atoms with van der Waals surface area (Å²) in [7, 11) is 1.88. The summed E-state index contributed by atoms with van der Waals surface area (Å²) in [5.41, 5.74) is 2.16. The Morgan fingerprint density at radius 3 is 2.56 bits per heavy atom. The molecule has 0 amide bonds. The van der Waals surface area contributed by atoms with Crippen LogP contribution >= 0.6 is 11.6 Å². The van der Waals surface area contributed by atoms with E-state index >= 15 is 0 Å². The van der Waals surface area contributed by atoms with Crippen LogP contribution in [0.15, 0.2) is 18.2 Å². The highest BCUT2D eigenvalue weighted by atomic mass is 35.5. The Labute approximate surface area is 114 Å². The van der Waals surface area contributed by atoms with E-state index in [1.54, 1.807) is 0 Å². The molecule has 1 aromatic carbocycles. The number of rotatable bonds is 5. The second-order valence-corrected chi connectivity index (χ2v) is 4.38. The van der Waals surface area contributed by atoms with Crippen molar-refractivity contribution in [2.24, 2.45) is 0 Å². The van der Waals surface area contributed by atoms with Gasteiger partial charge in [-0.2, -0.15) is 0 Å². The molecule has 0 fully saturated rings. The minimum absolute atomic E-state index is 0.159. The second kappa shape index (κ2) is 9.66. The van der Waals surface area contributed by atoms with Gasteiger partial charge in [-0.25, -0.2) is 0 Å². The number of hydrogen-bond donors (Lipinski definition) is 1. The maximum absolute atomic E-state index is 10.2. The Morgan fingerprint density at radius 1 is 1.44 bits per heavy atom. The van der Waals surface area contributed by atoms with Gasteiger partial charge < -0.3 is 14.9 Å². The van der Waals surface area contributed by atoms with E-state index in [0.717, 1.165) is 22.6 Å². The first kappa shape index (κ1) is 16.6. The number of hydrogen-bond acceptors (Lipinski definition) is 3. The predicted molar refractivity (Wildman–Crippen MR) is 76.3 cm³/mol. The van der Waals surface area contributed by atoms with E-state index in [4.69, 9.17) is 11.6 Å². The first-order chi connectivity index (χ1) is 8.51. The van der Waals surface area contributed by atoms with Gasteiger partial charge in [-0.3, -0.25) is 0 Å². The Hall–Kier alpha value is -1.35. The number of carbonyl (C=O) groups is 2. The third-order valence-corrected chi connectivity index (χ3v) is 2.72.